The number of hydrogen-bond donors (Lipinski definition) is 1. The van der Waals surface area contributed by atoms with E-state index in [1.54, 1.807) is 0 Å². The zero-order valence-corrected chi connectivity index (χ0v) is 10.4. The van der Waals surface area contributed by atoms with Crippen molar-refractivity contribution in [2.75, 3.05) is 19.7 Å². The van der Waals surface area contributed by atoms with Crippen LogP contribution in [0.5, 0.6) is 5.75 Å². The highest BCUT2D eigenvalue weighted by molar-refractivity contribution is 5.38. The minimum absolute atomic E-state index is 0.313. The Labute approximate surface area is 98.0 Å². The van der Waals surface area contributed by atoms with Gasteiger partial charge < -0.3 is 10.1 Å². The van der Waals surface area contributed by atoms with E-state index in [-0.39, 0.29) is 0 Å². The van der Waals surface area contributed by atoms with Crippen LogP contribution in [0.2, 0.25) is 0 Å². The molecule has 0 radical (unpaired) electrons. The summed E-state index contributed by atoms with van der Waals surface area (Å²) >= 11 is 0. The topological polar surface area (TPSA) is 21.3 Å². The molecule has 0 aliphatic carbocycles. The molecule has 1 aromatic rings. The average Bonchev–Trinajstić information content (AvgIpc) is 2.59. The Kier molecular flexibility index (Phi) is 3.20. The zero-order chi connectivity index (χ0) is 11.6. The van der Waals surface area contributed by atoms with Crippen molar-refractivity contribution in [1.29, 1.82) is 0 Å². The Morgan fingerprint density at radius 1 is 1.38 bits per heavy atom. The number of para-hydroxylation sites is 1. The van der Waals surface area contributed by atoms with Crippen molar-refractivity contribution in [3.63, 3.8) is 0 Å². The van der Waals surface area contributed by atoms with E-state index in [0.717, 1.165) is 25.4 Å². The number of ether oxygens (including phenoxy) is 1. The SMILES string of the molecule is CCOc1ccccc1[C@H]1CNCC1(C)C. The van der Waals surface area contributed by atoms with E-state index in [1.807, 2.05) is 13.0 Å². The molecule has 1 aliphatic heterocycles. The Morgan fingerprint density at radius 2 is 2.12 bits per heavy atom. The number of benzene rings is 1. The fourth-order valence-corrected chi connectivity index (χ4v) is 2.52. The van der Waals surface area contributed by atoms with Crippen LogP contribution in [-0.2, 0) is 0 Å². The third-order valence-corrected chi connectivity index (χ3v) is 3.47. The highest BCUT2D eigenvalue weighted by Crippen LogP contribution is 2.41. The molecule has 88 valence electrons. The predicted octanol–water partition coefficient (Wildman–Crippen LogP) is 2.80. The van der Waals surface area contributed by atoms with Crippen LogP contribution in [0.25, 0.3) is 0 Å². The molecule has 2 rings (SSSR count). The van der Waals surface area contributed by atoms with E-state index in [2.05, 4.69) is 37.4 Å². The van der Waals surface area contributed by atoms with E-state index >= 15 is 0 Å². The summed E-state index contributed by atoms with van der Waals surface area (Å²) in [5, 5.41) is 3.47. The number of nitrogens with one attached hydrogen (secondary N) is 1. The molecule has 0 aromatic heterocycles. The van der Waals surface area contributed by atoms with Gasteiger partial charge in [-0.15, -0.1) is 0 Å². The van der Waals surface area contributed by atoms with Crippen molar-refractivity contribution >= 4 is 0 Å². The summed E-state index contributed by atoms with van der Waals surface area (Å²) in [7, 11) is 0. The minimum Gasteiger partial charge on any atom is -0.494 e. The van der Waals surface area contributed by atoms with Gasteiger partial charge in [0.1, 0.15) is 5.75 Å². The minimum atomic E-state index is 0.313. The summed E-state index contributed by atoms with van der Waals surface area (Å²) in [6.45, 7) is 9.54. The summed E-state index contributed by atoms with van der Waals surface area (Å²) < 4.78 is 5.71. The molecule has 1 atom stereocenters. The lowest BCUT2D eigenvalue weighted by molar-refractivity contribution is 0.315. The predicted molar refractivity (Wildman–Crippen MR) is 67.0 cm³/mol. The van der Waals surface area contributed by atoms with Crippen LogP contribution in [0.4, 0.5) is 0 Å². The summed E-state index contributed by atoms with van der Waals surface area (Å²) in [4.78, 5) is 0. The molecule has 1 heterocycles. The van der Waals surface area contributed by atoms with E-state index in [9.17, 15) is 0 Å². The first kappa shape index (κ1) is 11.5. The normalized spacial score (nSPS) is 23.3. The fourth-order valence-electron chi connectivity index (χ4n) is 2.52. The van der Waals surface area contributed by atoms with Crippen LogP contribution < -0.4 is 10.1 Å². The van der Waals surface area contributed by atoms with Crippen LogP contribution in [-0.4, -0.2) is 19.7 Å². The fraction of sp³-hybridized carbons (Fsp3) is 0.571. The summed E-state index contributed by atoms with van der Waals surface area (Å²) in [6.07, 6.45) is 0. The van der Waals surface area contributed by atoms with Crippen LogP contribution in [0.1, 0.15) is 32.3 Å². The van der Waals surface area contributed by atoms with Gasteiger partial charge in [0.2, 0.25) is 0 Å². The second-order valence-electron chi connectivity index (χ2n) is 5.14. The zero-order valence-electron chi connectivity index (χ0n) is 10.4. The third-order valence-electron chi connectivity index (χ3n) is 3.47. The van der Waals surface area contributed by atoms with Gasteiger partial charge in [-0.3, -0.25) is 0 Å². The maximum absolute atomic E-state index is 5.71. The Balaban J connectivity index is 2.32. The monoisotopic (exact) mass is 219 g/mol. The molecule has 0 bridgehead atoms. The van der Waals surface area contributed by atoms with Crippen molar-refractivity contribution in [1.82, 2.24) is 5.32 Å². The molecular weight excluding hydrogens is 198 g/mol. The molecule has 0 spiro atoms. The Bertz CT molecular complexity index is 360. The molecule has 2 nitrogen and oxygen atoms in total. The molecule has 0 saturated carbocycles. The first-order valence-corrected chi connectivity index (χ1v) is 6.07. The smallest absolute Gasteiger partial charge is 0.122 e. The summed E-state index contributed by atoms with van der Waals surface area (Å²) in [5.41, 5.74) is 1.66. The summed E-state index contributed by atoms with van der Waals surface area (Å²) in [5.74, 6) is 1.60. The molecular formula is C14H21NO. The van der Waals surface area contributed by atoms with Crippen LogP contribution >= 0.6 is 0 Å². The maximum Gasteiger partial charge on any atom is 0.122 e. The second-order valence-corrected chi connectivity index (χ2v) is 5.14. The van der Waals surface area contributed by atoms with Gasteiger partial charge in [-0.1, -0.05) is 32.0 Å². The Hall–Kier alpha value is -1.02. The van der Waals surface area contributed by atoms with Crippen molar-refractivity contribution in [3.05, 3.63) is 29.8 Å². The van der Waals surface area contributed by atoms with Gasteiger partial charge >= 0.3 is 0 Å². The van der Waals surface area contributed by atoms with E-state index in [1.165, 1.54) is 5.56 Å². The number of hydrogen-bond acceptors (Lipinski definition) is 2. The van der Waals surface area contributed by atoms with Crippen LogP contribution in [0.3, 0.4) is 0 Å². The second kappa shape index (κ2) is 4.46. The van der Waals surface area contributed by atoms with Crippen molar-refractivity contribution in [2.24, 2.45) is 5.41 Å². The third kappa shape index (κ3) is 2.07. The largest absolute Gasteiger partial charge is 0.494 e. The standard InChI is InChI=1S/C14H21NO/c1-4-16-13-8-6-5-7-11(13)12-9-15-10-14(12,2)3/h5-8,12,15H,4,9-10H2,1-3H3/t12-/m1/s1. The van der Waals surface area contributed by atoms with Crippen LogP contribution in [0, 0.1) is 5.41 Å². The first-order valence-electron chi connectivity index (χ1n) is 6.07. The maximum atomic E-state index is 5.71. The summed E-state index contributed by atoms with van der Waals surface area (Å²) in [6, 6.07) is 8.42. The van der Waals surface area contributed by atoms with Gasteiger partial charge in [0.25, 0.3) is 0 Å². The van der Waals surface area contributed by atoms with Crippen LogP contribution in [0.15, 0.2) is 24.3 Å². The molecule has 1 aliphatic rings. The van der Waals surface area contributed by atoms with Crippen molar-refractivity contribution in [3.8, 4) is 5.75 Å². The average molecular weight is 219 g/mol. The first-order chi connectivity index (χ1) is 7.65. The van der Waals surface area contributed by atoms with Gasteiger partial charge in [0.15, 0.2) is 0 Å². The van der Waals surface area contributed by atoms with Crippen molar-refractivity contribution < 1.29 is 4.74 Å². The lowest BCUT2D eigenvalue weighted by Gasteiger charge is -2.27. The molecule has 1 fully saturated rings. The highest BCUT2D eigenvalue weighted by Gasteiger charge is 2.36. The molecule has 0 amide bonds. The quantitative estimate of drug-likeness (QED) is 0.844. The van der Waals surface area contributed by atoms with E-state index in [4.69, 9.17) is 4.74 Å². The molecule has 1 aromatic carbocycles. The lowest BCUT2D eigenvalue weighted by atomic mass is 9.77. The highest BCUT2D eigenvalue weighted by atomic mass is 16.5. The van der Waals surface area contributed by atoms with Crippen molar-refractivity contribution in [2.45, 2.75) is 26.7 Å². The van der Waals surface area contributed by atoms with Gasteiger partial charge in [-0.25, -0.2) is 0 Å². The molecule has 1 saturated heterocycles. The Morgan fingerprint density at radius 3 is 2.75 bits per heavy atom. The van der Waals surface area contributed by atoms with Gasteiger partial charge in [-0.05, 0) is 24.0 Å². The van der Waals surface area contributed by atoms with Gasteiger partial charge in [0, 0.05) is 19.0 Å². The molecule has 2 heteroatoms. The lowest BCUT2D eigenvalue weighted by Crippen LogP contribution is -2.21. The van der Waals surface area contributed by atoms with Gasteiger partial charge in [0.05, 0.1) is 6.61 Å². The van der Waals surface area contributed by atoms with E-state index in [0.29, 0.717) is 11.3 Å². The van der Waals surface area contributed by atoms with Gasteiger partial charge in [-0.2, -0.15) is 0 Å². The number of rotatable bonds is 3. The van der Waals surface area contributed by atoms with E-state index < -0.39 is 0 Å². The molecule has 1 N–H and O–H groups in total. The molecule has 16 heavy (non-hydrogen) atoms. The molecule has 0 unspecified atom stereocenters.